The van der Waals surface area contributed by atoms with Crippen molar-refractivity contribution in [1.82, 2.24) is 0 Å². The second-order valence-corrected chi connectivity index (χ2v) is 10.3. The maximum absolute atomic E-state index is 13.2. The number of allylic oxidation sites excluding steroid dienone is 1. The molecular formula is C26H22O2P+. The Morgan fingerprint density at radius 3 is 1.59 bits per heavy atom. The Balaban J connectivity index is 1.85. The zero-order valence-electron chi connectivity index (χ0n) is 16.0. The fourth-order valence-electron chi connectivity index (χ4n) is 3.62. The van der Waals surface area contributed by atoms with Crippen molar-refractivity contribution in [3.63, 3.8) is 0 Å². The van der Waals surface area contributed by atoms with Crippen molar-refractivity contribution in [3.05, 3.63) is 121 Å². The molecule has 2 nitrogen and oxygen atoms in total. The predicted molar refractivity (Wildman–Crippen MR) is 123 cm³/mol. The van der Waals surface area contributed by atoms with Gasteiger partial charge in [0.1, 0.15) is 35.1 Å². The lowest BCUT2D eigenvalue weighted by Crippen LogP contribution is -2.35. The molecule has 0 fully saturated rings. The number of ketones is 1. The zero-order chi connectivity index (χ0) is 19.9. The first-order valence-electron chi connectivity index (χ1n) is 9.58. The quantitative estimate of drug-likeness (QED) is 0.329. The van der Waals surface area contributed by atoms with E-state index in [0.29, 0.717) is 11.9 Å². The Bertz CT molecular complexity index is 973. The monoisotopic (exact) mass is 397 g/mol. The van der Waals surface area contributed by atoms with Gasteiger partial charge in [-0.05, 0) is 60.7 Å². The van der Waals surface area contributed by atoms with Gasteiger partial charge in [0.15, 0.2) is 5.78 Å². The Morgan fingerprint density at radius 1 is 0.690 bits per heavy atom. The van der Waals surface area contributed by atoms with Crippen molar-refractivity contribution in [3.8, 4) is 0 Å². The van der Waals surface area contributed by atoms with Crippen LogP contribution in [0.25, 0.3) is 6.08 Å². The number of hydrogen-bond donors (Lipinski definition) is 0. The molecule has 0 radical (unpaired) electrons. The normalized spacial score (nSPS) is 11.6. The van der Waals surface area contributed by atoms with Gasteiger partial charge >= 0.3 is 0 Å². The van der Waals surface area contributed by atoms with E-state index < -0.39 is 7.26 Å². The Kier molecular flexibility index (Phi) is 5.84. The van der Waals surface area contributed by atoms with E-state index in [1.165, 1.54) is 15.9 Å². The lowest BCUT2D eigenvalue weighted by atomic mass is 10.3. The molecule has 142 valence electrons. The molecule has 3 heteroatoms. The third kappa shape index (κ3) is 4.13. The first-order valence-corrected chi connectivity index (χ1v) is 11.6. The summed E-state index contributed by atoms with van der Waals surface area (Å²) in [5.41, 5.74) is 0. The highest BCUT2D eigenvalue weighted by atomic mass is 31.2. The van der Waals surface area contributed by atoms with Gasteiger partial charge in [-0.15, -0.1) is 0 Å². The van der Waals surface area contributed by atoms with Crippen molar-refractivity contribution < 1.29 is 9.21 Å². The van der Waals surface area contributed by atoms with Gasteiger partial charge < -0.3 is 4.42 Å². The van der Waals surface area contributed by atoms with Crippen LogP contribution in [0.1, 0.15) is 5.76 Å². The fourth-order valence-corrected chi connectivity index (χ4v) is 7.67. The zero-order valence-corrected chi connectivity index (χ0v) is 16.9. The predicted octanol–water partition coefficient (Wildman–Crippen LogP) is 4.86. The van der Waals surface area contributed by atoms with Gasteiger partial charge in [-0.1, -0.05) is 54.6 Å². The number of carbonyl (C=O) groups is 1. The summed E-state index contributed by atoms with van der Waals surface area (Å²) in [4.78, 5) is 13.2. The second-order valence-electron chi connectivity index (χ2n) is 6.79. The van der Waals surface area contributed by atoms with Crippen LogP contribution in [-0.2, 0) is 4.79 Å². The number of carbonyl (C=O) groups excluding carboxylic acids is 1. The molecule has 1 aromatic heterocycles. The molecule has 3 aromatic carbocycles. The van der Waals surface area contributed by atoms with Gasteiger partial charge in [-0.3, -0.25) is 4.79 Å². The Morgan fingerprint density at radius 2 is 1.17 bits per heavy atom. The van der Waals surface area contributed by atoms with Crippen LogP contribution in [0, 0.1) is 0 Å². The lowest BCUT2D eigenvalue weighted by molar-refractivity contribution is -0.112. The van der Waals surface area contributed by atoms with Gasteiger partial charge in [0, 0.05) is 0 Å². The molecule has 4 aromatic rings. The average Bonchev–Trinajstić information content (AvgIpc) is 3.32. The van der Waals surface area contributed by atoms with E-state index in [9.17, 15) is 4.79 Å². The Hall–Kier alpha value is -3.22. The van der Waals surface area contributed by atoms with Gasteiger partial charge in [0.25, 0.3) is 0 Å². The van der Waals surface area contributed by atoms with Crippen LogP contribution >= 0.6 is 7.26 Å². The molecule has 4 rings (SSSR count). The summed E-state index contributed by atoms with van der Waals surface area (Å²) in [6.07, 6.45) is 5.43. The molecule has 0 amide bonds. The van der Waals surface area contributed by atoms with E-state index in [1.807, 2.05) is 30.3 Å². The van der Waals surface area contributed by atoms with Gasteiger partial charge in [0.05, 0.1) is 6.26 Å². The summed E-state index contributed by atoms with van der Waals surface area (Å²) in [6.45, 7) is 0. The molecule has 29 heavy (non-hydrogen) atoms. The largest absolute Gasteiger partial charge is 0.465 e. The van der Waals surface area contributed by atoms with E-state index in [0.717, 1.165) is 0 Å². The first-order chi connectivity index (χ1) is 14.3. The van der Waals surface area contributed by atoms with Gasteiger partial charge in [0.2, 0.25) is 0 Å². The highest BCUT2D eigenvalue weighted by molar-refractivity contribution is 7.96. The van der Waals surface area contributed by atoms with Crippen molar-refractivity contribution in [2.75, 3.05) is 6.16 Å². The summed E-state index contributed by atoms with van der Waals surface area (Å²) >= 11 is 0. The topological polar surface area (TPSA) is 30.2 Å². The van der Waals surface area contributed by atoms with Crippen LogP contribution in [0.2, 0.25) is 0 Å². The molecule has 1 heterocycles. The van der Waals surface area contributed by atoms with E-state index in [2.05, 4.69) is 72.8 Å². The summed E-state index contributed by atoms with van der Waals surface area (Å²) < 4.78 is 5.34. The molecule has 0 bridgehead atoms. The molecule has 0 aliphatic rings. The highest BCUT2D eigenvalue weighted by Crippen LogP contribution is 2.55. The van der Waals surface area contributed by atoms with Crippen LogP contribution < -0.4 is 15.9 Å². The maximum Gasteiger partial charge on any atom is 0.194 e. The van der Waals surface area contributed by atoms with Crippen LogP contribution in [0.15, 0.2) is 120 Å². The minimum Gasteiger partial charge on any atom is -0.465 e. The number of hydrogen-bond acceptors (Lipinski definition) is 2. The minimum atomic E-state index is -2.15. The standard InChI is InChI=1S/C26H22O2P/c27-22(18-19-23-11-10-20-28-23)21-29(24-12-4-1-5-13-24,25-14-6-2-7-15-25)26-16-8-3-9-17-26/h1-20H,21H2/q+1/b19-18-. The molecule has 0 aliphatic carbocycles. The van der Waals surface area contributed by atoms with Crippen LogP contribution in [0.4, 0.5) is 0 Å². The molecular weight excluding hydrogens is 375 g/mol. The molecule has 0 N–H and O–H groups in total. The molecule has 0 saturated heterocycles. The van der Waals surface area contributed by atoms with Crippen LogP contribution in [0.5, 0.6) is 0 Å². The molecule has 0 spiro atoms. The SMILES string of the molecule is O=C(/C=C\c1ccco1)C[P+](c1ccccc1)(c1ccccc1)c1ccccc1. The Labute approximate surface area is 171 Å². The third-order valence-electron chi connectivity index (χ3n) is 4.96. The number of furan rings is 1. The number of benzene rings is 3. The van der Waals surface area contributed by atoms with E-state index in [-0.39, 0.29) is 5.78 Å². The maximum atomic E-state index is 13.2. The molecule has 0 saturated carbocycles. The van der Waals surface area contributed by atoms with Crippen molar-refractivity contribution >= 4 is 35.0 Å². The van der Waals surface area contributed by atoms with Crippen molar-refractivity contribution in [2.24, 2.45) is 0 Å². The minimum absolute atomic E-state index is 0.0892. The lowest BCUT2D eigenvalue weighted by Gasteiger charge is -2.26. The van der Waals surface area contributed by atoms with E-state index in [1.54, 1.807) is 18.4 Å². The third-order valence-corrected chi connectivity index (χ3v) is 9.29. The smallest absolute Gasteiger partial charge is 0.194 e. The van der Waals surface area contributed by atoms with Crippen molar-refractivity contribution in [2.45, 2.75) is 0 Å². The van der Waals surface area contributed by atoms with Crippen LogP contribution in [0.3, 0.4) is 0 Å². The summed E-state index contributed by atoms with van der Waals surface area (Å²) in [7, 11) is -2.15. The van der Waals surface area contributed by atoms with E-state index >= 15 is 0 Å². The molecule has 0 atom stereocenters. The average molecular weight is 397 g/mol. The van der Waals surface area contributed by atoms with Crippen LogP contribution in [-0.4, -0.2) is 11.9 Å². The van der Waals surface area contributed by atoms with Crippen molar-refractivity contribution in [1.29, 1.82) is 0 Å². The summed E-state index contributed by atoms with van der Waals surface area (Å²) in [6, 6.07) is 35.0. The van der Waals surface area contributed by atoms with Gasteiger partial charge in [-0.2, -0.15) is 0 Å². The summed E-state index contributed by atoms with van der Waals surface area (Å²) in [5.74, 6) is 0.771. The molecule has 0 unspecified atom stereocenters. The van der Waals surface area contributed by atoms with Gasteiger partial charge in [-0.25, -0.2) is 0 Å². The first kappa shape index (κ1) is 19.1. The second kappa shape index (κ2) is 8.86. The highest BCUT2D eigenvalue weighted by Gasteiger charge is 2.46. The number of rotatable bonds is 7. The summed E-state index contributed by atoms with van der Waals surface area (Å²) in [5, 5.41) is 3.62. The van der Waals surface area contributed by atoms with E-state index in [4.69, 9.17) is 4.42 Å². The fraction of sp³-hybridized carbons (Fsp3) is 0.0385. The molecule has 0 aliphatic heterocycles.